The molecule has 0 aromatic rings. The van der Waals surface area contributed by atoms with Crippen LogP contribution in [0.5, 0.6) is 0 Å². The summed E-state index contributed by atoms with van der Waals surface area (Å²) in [6, 6.07) is 0. The first-order valence-electron chi connectivity index (χ1n) is 3.42. The molecule has 62 valence electrons. The molecule has 3 heteroatoms. The van der Waals surface area contributed by atoms with E-state index in [4.69, 9.17) is 16.3 Å². The molecule has 0 heterocycles. The molecular formula is C8H10BrClO. The third-order valence-corrected chi connectivity index (χ3v) is 2.58. The van der Waals surface area contributed by atoms with Gasteiger partial charge in [-0.2, -0.15) is 0 Å². The maximum Gasteiger partial charge on any atom is 0.0604 e. The summed E-state index contributed by atoms with van der Waals surface area (Å²) < 4.78 is 6.10. The zero-order valence-electron chi connectivity index (χ0n) is 6.26. The van der Waals surface area contributed by atoms with Crippen LogP contribution in [-0.2, 0) is 4.74 Å². The quantitative estimate of drug-likeness (QED) is 0.671. The third kappa shape index (κ3) is 2.62. The zero-order chi connectivity index (χ0) is 8.27. The Kier molecular flexibility index (Phi) is 3.63. The number of methoxy groups -OCH3 is 1. The highest BCUT2D eigenvalue weighted by atomic mass is 79.9. The lowest BCUT2D eigenvalue weighted by molar-refractivity contribution is 0.171. The molecule has 0 aromatic heterocycles. The van der Waals surface area contributed by atoms with Crippen LogP contribution >= 0.6 is 27.5 Å². The average Bonchev–Trinajstić information content (AvgIpc) is 1.98. The highest BCUT2D eigenvalue weighted by molar-refractivity contribution is 9.11. The van der Waals surface area contributed by atoms with Crippen molar-refractivity contribution in [3.63, 3.8) is 0 Å². The summed E-state index contributed by atoms with van der Waals surface area (Å²) in [6.45, 7) is 0.674. The fourth-order valence-corrected chi connectivity index (χ4v) is 1.72. The van der Waals surface area contributed by atoms with Crippen molar-refractivity contribution in [1.29, 1.82) is 0 Å². The number of hydrogen-bond acceptors (Lipinski definition) is 1. The van der Waals surface area contributed by atoms with Gasteiger partial charge < -0.3 is 4.74 Å². The van der Waals surface area contributed by atoms with E-state index in [0.29, 0.717) is 12.5 Å². The molecule has 1 nitrogen and oxygen atoms in total. The summed E-state index contributed by atoms with van der Waals surface area (Å²) in [7, 11) is 1.68. The number of rotatable bonds is 2. The molecule has 0 spiro atoms. The maximum absolute atomic E-state index is 5.99. The van der Waals surface area contributed by atoms with E-state index in [1.54, 1.807) is 7.11 Å². The number of allylic oxidation sites excluding steroid dienone is 3. The number of hydrogen-bond donors (Lipinski definition) is 0. The third-order valence-electron chi connectivity index (χ3n) is 1.58. The lowest BCUT2D eigenvalue weighted by atomic mass is 10.0. The van der Waals surface area contributed by atoms with Gasteiger partial charge in [0.2, 0.25) is 0 Å². The summed E-state index contributed by atoms with van der Waals surface area (Å²) >= 11 is 9.38. The predicted octanol–water partition coefficient (Wildman–Crippen LogP) is 2.71. The Morgan fingerprint density at radius 3 is 3.09 bits per heavy atom. The van der Waals surface area contributed by atoms with Gasteiger partial charge in [0.1, 0.15) is 0 Å². The van der Waals surface area contributed by atoms with Crippen LogP contribution in [0.15, 0.2) is 22.7 Å². The van der Waals surface area contributed by atoms with Crippen LogP contribution in [-0.4, -0.2) is 19.1 Å². The van der Waals surface area contributed by atoms with Crippen LogP contribution in [0, 0.1) is 5.92 Å². The second kappa shape index (κ2) is 4.29. The molecule has 0 fully saturated rings. The highest BCUT2D eigenvalue weighted by Gasteiger charge is 2.17. The Labute approximate surface area is 80.2 Å². The topological polar surface area (TPSA) is 9.23 Å². The van der Waals surface area contributed by atoms with Crippen LogP contribution in [0.1, 0.15) is 0 Å². The van der Waals surface area contributed by atoms with Crippen molar-refractivity contribution in [2.75, 3.05) is 13.7 Å². The minimum atomic E-state index is 0.0660. The van der Waals surface area contributed by atoms with E-state index in [0.717, 1.165) is 4.48 Å². The SMILES string of the molecule is COCC1C=C(Br)C=CC1Cl. The highest BCUT2D eigenvalue weighted by Crippen LogP contribution is 2.24. The van der Waals surface area contributed by atoms with E-state index in [-0.39, 0.29) is 5.38 Å². The van der Waals surface area contributed by atoms with E-state index in [2.05, 4.69) is 22.0 Å². The Morgan fingerprint density at radius 2 is 2.45 bits per heavy atom. The van der Waals surface area contributed by atoms with Gasteiger partial charge in [0.15, 0.2) is 0 Å². The molecule has 0 aliphatic heterocycles. The standard InChI is InChI=1S/C8H10BrClO/c1-11-5-6-4-7(9)2-3-8(6)10/h2-4,6,8H,5H2,1H3. The lowest BCUT2D eigenvalue weighted by Gasteiger charge is -2.18. The number of alkyl halides is 1. The van der Waals surface area contributed by atoms with Crippen LogP contribution in [0.3, 0.4) is 0 Å². The van der Waals surface area contributed by atoms with Gasteiger partial charge in [-0.05, 0) is 0 Å². The monoisotopic (exact) mass is 236 g/mol. The van der Waals surface area contributed by atoms with Gasteiger partial charge in [-0.15, -0.1) is 11.6 Å². The molecule has 11 heavy (non-hydrogen) atoms. The van der Waals surface area contributed by atoms with Crippen molar-refractivity contribution in [2.24, 2.45) is 5.92 Å². The molecule has 1 rings (SSSR count). The number of halogens is 2. The van der Waals surface area contributed by atoms with Crippen LogP contribution in [0.4, 0.5) is 0 Å². The molecule has 0 saturated heterocycles. The van der Waals surface area contributed by atoms with Crippen LogP contribution in [0.2, 0.25) is 0 Å². The summed E-state index contributed by atoms with van der Waals surface area (Å²) in [5, 5.41) is 0.0660. The number of ether oxygens (including phenoxy) is 1. The van der Waals surface area contributed by atoms with Gasteiger partial charge in [0, 0.05) is 17.5 Å². The normalized spacial score (nSPS) is 30.3. The van der Waals surface area contributed by atoms with Gasteiger partial charge in [-0.25, -0.2) is 0 Å². The molecule has 2 atom stereocenters. The van der Waals surface area contributed by atoms with Crippen molar-refractivity contribution in [1.82, 2.24) is 0 Å². The smallest absolute Gasteiger partial charge is 0.0604 e. The molecule has 0 saturated carbocycles. The van der Waals surface area contributed by atoms with Crippen LogP contribution in [0.25, 0.3) is 0 Å². The Hall–Kier alpha value is 0.210. The first kappa shape index (κ1) is 9.30. The van der Waals surface area contributed by atoms with E-state index in [9.17, 15) is 0 Å². The van der Waals surface area contributed by atoms with Gasteiger partial charge in [0.25, 0.3) is 0 Å². The van der Waals surface area contributed by atoms with Gasteiger partial charge in [-0.3, -0.25) is 0 Å². The van der Waals surface area contributed by atoms with Gasteiger partial charge >= 0.3 is 0 Å². The predicted molar refractivity (Wildman–Crippen MR) is 51.2 cm³/mol. The molecular weight excluding hydrogens is 227 g/mol. The Bertz CT molecular complexity index is 189. The summed E-state index contributed by atoms with van der Waals surface area (Å²) in [4.78, 5) is 0. The summed E-state index contributed by atoms with van der Waals surface area (Å²) in [5.41, 5.74) is 0. The van der Waals surface area contributed by atoms with Crippen molar-refractivity contribution >= 4 is 27.5 Å². The van der Waals surface area contributed by atoms with Crippen LogP contribution < -0.4 is 0 Å². The Balaban J connectivity index is 2.58. The minimum Gasteiger partial charge on any atom is -0.384 e. The van der Waals surface area contributed by atoms with E-state index in [1.165, 1.54) is 0 Å². The summed E-state index contributed by atoms with van der Waals surface area (Å²) in [5.74, 6) is 0.293. The van der Waals surface area contributed by atoms with Crippen molar-refractivity contribution in [3.05, 3.63) is 22.7 Å². The first-order chi connectivity index (χ1) is 5.24. The Morgan fingerprint density at radius 1 is 1.73 bits per heavy atom. The van der Waals surface area contributed by atoms with Crippen molar-refractivity contribution < 1.29 is 4.74 Å². The molecule has 0 amide bonds. The average molecular weight is 238 g/mol. The molecule has 0 bridgehead atoms. The van der Waals surface area contributed by atoms with E-state index >= 15 is 0 Å². The van der Waals surface area contributed by atoms with Gasteiger partial charge in [-0.1, -0.05) is 34.2 Å². The largest absolute Gasteiger partial charge is 0.384 e. The lowest BCUT2D eigenvalue weighted by Crippen LogP contribution is -2.18. The maximum atomic E-state index is 5.99. The van der Waals surface area contributed by atoms with Crippen molar-refractivity contribution in [2.45, 2.75) is 5.38 Å². The van der Waals surface area contributed by atoms with Crippen molar-refractivity contribution in [3.8, 4) is 0 Å². The minimum absolute atomic E-state index is 0.0660. The first-order valence-corrected chi connectivity index (χ1v) is 4.65. The second-order valence-corrected chi connectivity index (χ2v) is 3.89. The fraction of sp³-hybridized carbons (Fsp3) is 0.500. The van der Waals surface area contributed by atoms with E-state index in [1.807, 2.05) is 12.2 Å². The van der Waals surface area contributed by atoms with Gasteiger partial charge in [0.05, 0.1) is 12.0 Å². The zero-order valence-corrected chi connectivity index (χ0v) is 8.60. The molecule has 1 aliphatic rings. The molecule has 2 unspecified atom stereocenters. The molecule has 0 radical (unpaired) electrons. The molecule has 0 aromatic carbocycles. The van der Waals surface area contributed by atoms with E-state index < -0.39 is 0 Å². The summed E-state index contributed by atoms with van der Waals surface area (Å²) in [6.07, 6.45) is 6.00. The molecule has 0 N–H and O–H groups in total. The molecule has 1 aliphatic carbocycles. The fourth-order valence-electron chi connectivity index (χ4n) is 1.01. The second-order valence-electron chi connectivity index (χ2n) is 2.47.